The summed E-state index contributed by atoms with van der Waals surface area (Å²) in [7, 11) is 0. The lowest BCUT2D eigenvalue weighted by molar-refractivity contribution is -0.118. The molecule has 1 N–H and O–H groups in total. The molecule has 0 radical (unpaired) electrons. The van der Waals surface area contributed by atoms with Gasteiger partial charge in [0.25, 0.3) is 0 Å². The molecule has 3 aromatic rings. The van der Waals surface area contributed by atoms with Gasteiger partial charge in [0.2, 0.25) is 5.91 Å². The monoisotopic (exact) mass is 383 g/mol. The highest BCUT2D eigenvalue weighted by atomic mass is 35.5. The van der Waals surface area contributed by atoms with Crippen molar-refractivity contribution in [3.63, 3.8) is 0 Å². The number of aromatic nitrogens is 1. The third-order valence-corrected chi connectivity index (χ3v) is 4.93. The van der Waals surface area contributed by atoms with Crippen LogP contribution in [0.1, 0.15) is 11.3 Å². The molecule has 0 atom stereocenters. The van der Waals surface area contributed by atoms with E-state index in [9.17, 15) is 4.79 Å². The lowest BCUT2D eigenvalue weighted by Gasteiger charge is -2.06. The van der Waals surface area contributed by atoms with Gasteiger partial charge in [0, 0.05) is 21.8 Å². The van der Waals surface area contributed by atoms with Crippen molar-refractivity contribution in [2.24, 2.45) is 5.10 Å². The highest BCUT2D eigenvalue weighted by Crippen LogP contribution is 2.19. The zero-order valence-corrected chi connectivity index (χ0v) is 15.8. The number of hydrogen-bond acceptors (Lipinski definition) is 3. The Morgan fingerprint density at radius 1 is 1.15 bits per heavy atom. The first-order valence-electron chi connectivity index (χ1n) is 8.06. The largest absolute Gasteiger partial charge is 0.316 e. The first-order valence-corrected chi connectivity index (χ1v) is 9.43. The van der Waals surface area contributed by atoms with Gasteiger partial charge >= 0.3 is 0 Å². The van der Waals surface area contributed by atoms with E-state index in [1.54, 1.807) is 18.3 Å². The van der Waals surface area contributed by atoms with Crippen LogP contribution in [0.25, 0.3) is 5.69 Å². The summed E-state index contributed by atoms with van der Waals surface area (Å²) in [5, 5.41) is 4.74. The highest BCUT2D eigenvalue weighted by molar-refractivity contribution is 8.00. The molecule has 0 saturated heterocycles. The number of thioether (sulfide) groups is 1. The maximum atomic E-state index is 11.9. The van der Waals surface area contributed by atoms with Crippen molar-refractivity contribution in [1.29, 1.82) is 0 Å². The van der Waals surface area contributed by atoms with Crippen molar-refractivity contribution < 1.29 is 4.79 Å². The second kappa shape index (κ2) is 8.74. The lowest BCUT2D eigenvalue weighted by Crippen LogP contribution is -2.19. The van der Waals surface area contributed by atoms with Gasteiger partial charge in [-0.25, -0.2) is 5.43 Å². The number of halogens is 1. The van der Waals surface area contributed by atoms with E-state index in [2.05, 4.69) is 29.6 Å². The minimum absolute atomic E-state index is 0.158. The van der Waals surface area contributed by atoms with Gasteiger partial charge in [0.05, 0.1) is 17.7 Å². The van der Waals surface area contributed by atoms with Crippen LogP contribution in [-0.2, 0) is 4.79 Å². The minimum atomic E-state index is -0.158. The number of carbonyl (C=O) groups excluding carboxylic acids is 1. The molecule has 4 nitrogen and oxygen atoms in total. The van der Waals surface area contributed by atoms with Gasteiger partial charge in [-0.15, -0.1) is 11.8 Å². The van der Waals surface area contributed by atoms with Crippen molar-refractivity contribution in [2.45, 2.75) is 11.8 Å². The van der Waals surface area contributed by atoms with E-state index in [1.807, 2.05) is 47.2 Å². The Morgan fingerprint density at radius 2 is 1.88 bits per heavy atom. The van der Waals surface area contributed by atoms with E-state index < -0.39 is 0 Å². The van der Waals surface area contributed by atoms with Crippen LogP contribution in [0, 0.1) is 6.92 Å². The number of rotatable bonds is 6. The summed E-state index contributed by atoms with van der Waals surface area (Å²) in [6, 6.07) is 19.5. The molecule has 1 heterocycles. The van der Waals surface area contributed by atoms with Crippen LogP contribution in [0.4, 0.5) is 0 Å². The third-order valence-electron chi connectivity index (χ3n) is 3.66. The van der Waals surface area contributed by atoms with Crippen molar-refractivity contribution >= 4 is 35.5 Å². The molecule has 0 fully saturated rings. The molecule has 1 aromatic heterocycles. The zero-order chi connectivity index (χ0) is 18.4. The number of nitrogens with one attached hydrogen (secondary N) is 1. The summed E-state index contributed by atoms with van der Waals surface area (Å²) >= 11 is 7.28. The second-order valence-corrected chi connectivity index (χ2v) is 7.16. The van der Waals surface area contributed by atoms with Crippen LogP contribution in [0.2, 0.25) is 5.02 Å². The number of carbonyl (C=O) groups is 1. The van der Waals surface area contributed by atoms with Crippen LogP contribution in [0.5, 0.6) is 0 Å². The summed E-state index contributed by atoms with van der Waals surface area (Å²) in [6.07, 6.45) is 3.61. The minimum Gasteiger partial charge on any atom is -0.316 e. The van der Waals surface area contributed by atoms with Crippen LogP contribution in [0.3, 0.4) is 0 Å². The molecule has 0 unspecified atom stereocenters. The molecular weight excluding hydrogens is 366 g/mol. The average molecular weight is 384 g/mol. The van der Waals surface area contributed by atoms with Gasteiger partial charge < -0.3 is 4.57 Å². The number of hydrogen-bond donors (Lipinski definition) is 1. The Balaban J connectivity index is 1.55. The number of aryl methyl sites for hydroxylation is 1. The average Bonchev–Trinajstić information content (AvgIpc) is 3.10. The second-order valence-electron chi connectivity index (χ2n) is 5.67. The fourth-order valence-corrected chi connectivity index (χ4v) is 3.14. The molecule has 26 heavy (non-hydrogen) atoms. The zero-order valence-electron chi connectivity index (χ0n) is 14.2. The van der Waals surface area contributed by atoms with E-state index in [-0.39, 0.29) is 11.7 Å². The Hall–Kier alpha value is -2.50. The fraction of sp³-hybridized carbons (Fsp3) is 0.100. The quantitative estimate of drug-likeness (QED) is 0.381. The number of benzene rings is 2. The Labute approximate surface area is 161 Å². The molecule has 0 aliphatic rings. The first kappa shape index (κ1) is 18.3. The maximum absolute atomic E-state index is 11.9. The molecule has 0 saturated carbocycles. The topological polar surface area (TPSA) is 46.4 Å². The molecule has 0 bridgehead atoms. The summed E-state index contributed by atoms with van der Waals surface area (Å²) in [6.45, 7) is 2.05. The van der Waals surface area contributed by atoms with Gasteiger partial charge in [-0.05, 0) is 55.5 Å². The van der Waals surface area contributed by atoms with E-state index in [4.69, 9.17) is 11.6 Å². The van der Waals surface area contributed by atoms with E-state index in [1.165, 1.54) is 17.3 Å². The predicted octanol–water partition coefficient (Wildman–Crippen LogP) is 4.68. The molecule has 2 aromatic carbocycles. The molecule has 0 spiro atoms. The number of amides is 1. The number of nitrogens with zero attached hydrogens (tertiary/aromatic N) is 2. The Bertz CT molecular complexity index is 902. The normalized spacial score (nSPS) is 11.0. The summed E-state index contributed by atoms with van der Waals surface area (Å²) in [4.78, 5) is 12.9. The van der Waals surface area contributed by atoms with Crippen molar-refractivity contribution in [1.82, 2.24) is 9.99 Å². The maximum Gasteiger partial charge on any atom is 0.250 e. The van der Waals surface area contributed by atoms with Crippen molar-refractivity contribution in [3.8, 4) is 5.69 Å². The molecule has 3 rings (SSSR count). The van der Waals surface area contributed by atoms with E-state index in [0.29, 0.717) is 5.02 Å². The Morgan fingerprint density at radius 3 is 2.62 bits per heavy atom. The molecule has 0 aliphatic carbocycles. The summed E-state index contributed by atoms with van der Waals surface area (Å²) in [5.74, 6) is 0.132. The molecular formula is C20H18ClN3OS. The van der Waals surface area contributed by atoms with Crippen LogP contribution in [0.15, 0.2) is 76.9 Å². The summed E-state index contributed by atoms with van der Waals surface area (Å²) in [5.41, 5.74) is 5.71. The van der Waals surface area contributed by atoms with Gasteiger partial charge in [-0.2, -0.15) is 5.10 Å². The highest BCUT2D eigenvalue weighted by Gasteiger charge is 2.03. The molecule has 6 heteroatoms. The van der Waals surface area contributed by atoms with Gasteiger partial charge in [0.1, 0.15) is 0 Å². The van der Waals surface area contributed by atoms with Crippen LogP contribution >= 0.6 is 23.4 Å². The molecule has 1 amide bonds. The summed E-state index contributed by atoms with van der Waals surface area (Å²) < 4.78 is 2.01. The van der Waals surface area contributed by atoms with Gasteiger partial charge in [0.15, 0.2) is 0 Å². The standard InChI is InChI=1S/C20H18ClN3OS/c1-15-4-8-17(9-5-15)24-12-2-3-18(24)13-22-23-20(25)14-26-19-10-6-16(21)7-11-19/h2-13H,14H2,1H3,(H,23,25)/b22-13-. The number of hydrazone groups is 1. The van der Waals surface area contributed by atoms with Crippen LogP contribution < -0.4 is 5.43 Å². The first-order chi connectivity index (χ1) is 12.6. The van der Waals surface area contributed by atoms with Gasteiger partial charge in [-0.1, -0.05) is 29.3 Å². The fourth-order valence-electron chi connectivity index (χ4n) is 2.32. The van der Waals surface area contributed by atoms with Crippen LogP contribution in [-0.4, -0.2) is 22.4 Å². The third kappa shape index (κ3) is 5.00. The lowest BCUT2D eigenvalue weighted by atomic mass is 10.2. The van der Waals surface area contributed by atoms with E-state index >= 15 is 0 Å². The Kier molecular flexibility index (Phi) is 6.15. The SMILES string of the molecule is Cc1ccc(-n2cccc2/C=N\NC(=O)CSc2ccc(Cl)cc2)cc1. The smallest absolute Gasteiger partial charge is 0.250 e. The predicted molar refractivity (Wildman–Crippen MR) is 108 cm³/mol. The van der Waals surface area contributed by atoms with Crippen molar-refractivity contribution in [3.05, 3.63) is 83.1 Å². The molecule has 132 valence electrons. The van der Waals surface area contributed by atoms with E-state index in [0.717, 1.165) is 16.3 Å². The van der Waals surface area contributed by atoms with Gasteiger partial charge in [-0.3, -0.25) is 4.79 Å². The molecule has 0 aliphatic heterocycles. The van der Waals surface area contributed by atoms with Crippen molar-refractivity contribution in [2.75, 3.05) is 5.75 Å².